The third kappa shape index (κ3) is 3.00. The summed E-state index contributed by atoms with van der Waals surface area (Å²) in [5.74, 6) is 0. The van der Waals surface area contributed by atoms with E-state index in [4.69, 9.17) is 0 Å². The highest BCUT2D eigenvalue weighted by atomic mass is 31.1. The molecule has 112 valence electrons. The summed E-state index contributed by atoms with van der Waals surface area (Å²) < 4.78 is 0. The molecule has 0 aliphatic heterocycles. The molecule has 0 amide bonds. The van der Waals surface area contributed by atoms with E-state index in [9.17, 15) is 0 Å². The Hall–Kier alpha value is -2.17. The molecule has 0 unspecified atom stereocenters. The molecule has 4 aromatic rings. The van der Waals surface area contributed by atoms with Gasteiger partial charge >= 0.3 is 0 Å². The molecule has 0 heterocycles. The Balaban J connectivity index is 1.69. The first-order valence-electron chi connectivity index (χ1n) is 7.95. The van der Waals surface area contributed by atoms with Crippen LogP contribution in [0.1, 0.15) is 11.1 Å². The summed E-state index contributed by atoms with van der Waals surface area (Å²) in [6.45, 7) is 4.29. The maximum atomic E-state index is 2.33. The molecule has 4 aromatic carbocycles. The Bertz CT molecular complexity index is 931. The largest absolute Gasteiger partial charge is 0.0591 e. The summed E-state index contributed by atoms with van der Waals surface area (Å²) in [6, 6.07) is 27.0. The van der Waals surface area contributed by atoms with Gasteiger partial charge in [0.2, 0.25) is 0 Å². The van der Waals surface area contributed by atoms with E-state index < -0.39 is 0 Å². The predicted molar refractivity (Wildman–Crippen MR) is 105 cm³/mol. The molecule has 4 rings (SSSR count). The van der Waals surface area contributed by atoms with Crippen LogP contribution in [0.4, 0.5) is 0 Å². The van der Waals surface area contributed by atoms with Gasteiger partial charge in [0.1, 0.15) is 0 Å². The van der Waals surface area contributed by atoms with Gasteiger partial charge in [-0.3, -0.25) is 0 Å². The van der Waals surface area contributed by atoms with Crippen molar-refractivity contribution >= 4 is 40.7 Å². The fourth-order valence-corrected chi connectivity index (χ4v) is 4.17. The van der Waals surface area contributed by atoms with Crippen LogP contribution in [0.25, 0.3) is 21.5 Å². The molecule has 1 heteroatoms. The van der Waals surface area contributed by atoms with Gasteiger partial charge in [0, 0.05) is 0 Å². The average Bonchev–Trinajstić information content (AvgIpc) is 2.55. The van der Waals surface area contributed by atoms with Crippen molar-refractivity contribution in [1.82, 2.24) is 0 Å². The Kier molecular flexibility index (Phi) is 3.63. The first kappa shape index (κ1) is 14.4. The van der Waals surface area contributed by atoms with Gasteiger partial charge < -0.3 is 0 Å². The van der Waals surface area contributed by atoms with E-state index in [1.807, 2.05) is 0 Å². The zero-order valence-corrected chi connectivity index (χ0v) is 14.4. The summed E-state index contributed by atoms with van der Waals surface area (Å²) in [5.41, 5.74) is 2.63. The molecule has 0 aliphatic carbocycles. The van der Waals surface area contributed by atoms with Gasteiger partial charge in [0.15, 0.2) is 0 Å². The van der Waals surface area contributed by atoms with Crippen LogP contribution in [0.2, 0.25) is 0 Å². The highest BCUT2D eigenvalue weighted by Crippen LogP contribution is 2.21. The summed E-state index contributed by atoms with van der Waals surface area (Å²) >= 11 is 0. The van der Waals surface area contributed by atoms with Crippen LogP contribution in [-0.4, -0.2) is 0 Å². The monoisotopic (exact) mass is 314 g/mol. The highest BCUT2D eigenvalue weighted by molar-refractivity contribution is 7.55. The van der Waals surface area contributed by atoms with Crippen molar-refractivity contribution < 1.29 is 0 Å². The summed E-state index contributed by atoms with van der Waals surface area (Å²) in [6.07, 6.45) is 0. The fourth-order valence-electron chi connectivity index (χ4n) is 3.05. The van der Waals surface area contributed by atoms with E-state index in [0.29, 0.717) is 8.58 Å². The van der Waals surface area contributed by atoms with Gasteiger partial charge in [0.25, 0.3) is 0 Å². The van der Waals surface area contributed by atoms with Crippen LogP contribution in [0.5, 0.6) is 0 Å². The molecule has 0 saturated carbocycles. The van der Waals surface area contributed by atoms with Gasteiger partial charge in [-0.05, 0) is 58.1 Å². The maximum absolute atomic E-state index is 2.33. The Morgan fingerprint density at radius 3 is 1.35 bits per heavy atom. The van der Waals surface area contributed by atoms with E-state index in [1.54, 1.807) is 0 Å². The Labute approximate surface area is 138 Å². The molecular weight excluding hydrogens is 295 g/mol. The van der Waals surface area contributed by atoms with Gasteiger partial charge in [-0.2, -0.15) is 0 Å². The molecule has 0 fully saturated rings. The SMILES string of the molecule is Cc1ccc2cc(Pc3ccc4cc(C)ccc4c3)ccc2c1. The van der Waals surface area contributed by atoms with Crippen molar-refractivity contribution in [1.29, 1.82) is 0 Å². The van der Waals surface area contributed by atoms with Crippen molar-refractivity contribution in [2.75, 3.05) is 0 Å². The zero-order chi connectivity index (χ0) is 15.8. The van der Waals surface area contributed by atoms with E-state index in [1.165, 1.54) is 43.3 Å². The van der Waals surface area contributed by atoms with Crippen molar-refractivity contribution in [2.24, 2.45) is 0 Å². The summed E-state index contributed by atoms with van der Waals surface area (Å²) in [5, 5.41) is 8.11. The standard InChI is InChI=1S/C22H19P/c1-15-3-5-19-13-21(9-7-17(19)11-15)23-22-10-8-18-12-16(2)4-6-20(18)14-22/h3-14,23H,1-2H3. The molecule has 0 aliphatic rings. The lowest BCUT2D eigenvalue weighted by Gasteiger charge is -2.07. The van der Waals surface area contributed by atoms with Crippen LogP contribution in [0, 0.1) is 13.8 Å². The van der Waals surface area contributed by atoms with Crippen molar-refractivity contribution in [3.05, 3.63) is 83.9 Å². The molecule has 0 atom stereocenters. The quantitative estimate of drug-likeness (QED) is 0.444. The van der Waals surface area contributed by atoms with Crippen molar-refractivity contribution in [3.63, 3.8) is 0 Å². The maximum Gasteiger partial charge on any atom is -0.0177 e. The minimum absolute atomic E-state index is 0.698. The van der Waals surface area contributed by atoms with E-state index in [2.05, 4.69) is 86.6 Å². The molecule has 23 heavy (non-hydrogen) atoms. The highest BCUT2D eigenvalue weighted by Gasteiger charge is 2.01. The van der Waals surface area contributed by atoms with Gasteiger partial charge in [-0.25, -0.2) is 0 Å². The first-order chi connectivity index (χ1) is 11.2. The second kappa shape index (κ2) is 5.80. The van der Waals surface area contributed by atoms with Crippen molar-refractivity contribution in [2.45, 2.75) is 13.8 Å². The lowest BCUT2D eigenvalue weighted by molar-refractivity contribution is 1.51. The van der Waals surface area contributed by atoms with Crippen LogP contribution in [0.15, 0.2) is 72.8 Å². The Morgan fingerprint density at radius 1 is 0.478 bits per heavy atom. The van der Waals surface area contributed by atoms with E-state index >= 15 is 0 Å². The minimum Gasteiger partial charge on any atom is -0.0591 e. The molecule has 0 N–H and O–H groups in total. The van der Waals surface area contributed by atoms with Crippen molar-refractivity contribution in [3.8, 4) is 0 Å². The number of hydrogen-bond donors (Lipinski definition) is 0. The second-order valence-corrected chi connectivity index (χ2v) is 7.66. The molecule has 0 aromatic heterocycles. The normalized spacial score (nSPS) is 11.2. The molecular formula is C22H19P. The smallest absolute Gasteiger partial charge is 0.0177 e. The summed E-state index contributed by atoms with van der Waals surface area (Å²) in [7, 11) is 0.698. The topological polar surface area (TPSA) is 0 Å². The first-order valence-corrected chi connectivity index (χ1v) is 8.95. The number of rotatable bonds is 2. The van der Waals surface area contributed by atoms with Crippen LogP contribution in [-0.2, 0) is 0 Å². The fraction of sp³-hybridized carbons (Fsp3) is 0.0909. The van der Waals surface area contributed by atoms with E-state index in [0.717, 1.165) is 0 Å². The summed E-state index contributed by atoms with van der Waals surface area (Å²) in [4.78, 5) is 0. The third-order valence-electron chi connectivity index (χ3n) is 4.28. The van der Waals surface area contributed by atoms with Crippen LogP contribution >= 0.6 is 8.58 Å². The molecule has 0 nitrogen and oxygen atoms in total. The van der Waals surface area contributed by atoms with Gasteiger partial charge in [-0.1, -0.05) is 80.4 Å². The van der Waals surface area contributed by atoms with E-state index in [-0.39, 0.29) is 0 Å². The number of hydrogen-bond acceptors (Lipinski definition) is 0. The van der Waals surface area contributed by atoms with Crippen LogP contribution < -0.4 is 10.6 Å². The van der Waals surface area contributed by atoms with Gasteiger partial charge in [-0.15, -0.1) is 0 Å². The Morgan fingerprint density at radius 2 is 0.870 bits per heavy atom. The predicted octanol–water partition coefficient (Wildman–Crippen LogP) is 5.24. The third-order valence-corrected chi connectivity index (χ3v) is 5.48. The van der Waals surface area contributed by atoms with Gasteiger partial charge in [0.05, 0.1) is 0 Å². The number of benzene rings is 4. The zero-order valence-electron chi connectivity index (χ0n) is 13.4. The second-order valence-electron chi connectivity index (χ2n) is 6.26. The lowest BCUT2D eigenvalue weighted by Crippen LogP contribution is -2.03. The molecule has 0 bridgehead atoms. The number of fused-ring (bicyclic) bond motifs is 2. The molecule has 0 saturated heterocycles. The molecule has 0 spiro atoms. The lowest BCUT2D eigenvalue weighted by atomic mass is 10.1. The minimum atomic E-state index is 0.698. The number of aryl methyl sites for hydroxylation is 2. The van der Waals surface area contributed by atoms with Crippen LogP contribution in [0.3, 0.4) is 0 Å². The average molecular weight is 314 g/mol. The molecule has 0 radical (unpaired) electrons.